The second kappa shape index (κ2) is 8.25. The van der Waals surface area contributed by atoms with Crippen LogP contribution < -0.4 is 4.90 Å². The Labute approximate surface area is 177 Å². The van der Waals surface area contributed by atoms with E-state index in [-0.39, 0.29) is 17.3 Å². The molecule has 1 aliphatic heterocycles. The van der Waals surface area contributed by atoms with Crippen molar-refractivity contribution in [3.63, 3.8) is 0 Å². The molecule has 1 fully saturated rings. The fourth-order valence-corrected chi connectivity index (χ4v) is 3.68. The summed E-state index contributed by atoms with van der Waals surface area (Å²) in [6.45, 7) is 6.08. The van der Waals surface area contributed by atoms with Crippen LogP contribution in [0.15, 0.2) is 41.0 Å². The van der Waals surface area contributed by atoms with Gasteiger partial charge in [0, 0.05) is 12.2 Å². The van der Waals surface area contributed by atoms with Crippen molar-refractivity contribution >= 4 is 45.1 Å². The number of aromatic nitrogens is 1. The third-order valence-corrected chi connectivity index (χ3v) is 5.01. The van der Waals surface area contributed by atoms with Crippen LogP contribution in [-0.2, 0) is 4.74 Å². The minimum absolute atomic E-state index is 0.0133. The van der Waals surface area contributed by atoms with Gasteiger partial charge in [0.1, 0.15) is 28.0 Å². The molecule has 1 saturated heterocycles. The van der Waals surface area contributed by atoms with Gasteiger partial charge >= 0.3 is 6.09 Å². The number of amides is 1. The third-order valence-electron chi connectivity index (χ3n) is 4.28. The molecule has 1 aromatic heterocycles. The number of benzene rings is 1. The molecule has 1 aromatic carbocycles. The molecule has 1 aliphatic rings. The average Bonchev–Trinajstić information content (AvgIpc) is 3.06. The van der Waals surface area contributed by atoms with Gasteiger partial charge < -0.3 is 9.64 Å². The standard InChI is InChI=1S/C20H22BrClFN3O2/c1-20(2,3)28-19(27)25-11-5-8-18(25)26(17-7-4-6-16(21)24-17)13-9-10-15(23)14(22)12-13/h4,6-7,9-10,12,18H,5,8,11H2,1-3H3. The van der Waals surface area contributed by atoms with Crippen molar-refractivity contribution in [2.45, 2.75) is 45.4 Å². The summed E-state index contributed by atoms with van der Waals surface area (Å²) in [6.07, 6.45) is 0.840. The van der Waals surface area contributed by atoms with Crippen LogP contribution in [0.2, 0.25) is 5.02 Å². The van der Waals surface area contributed by atoms with Crippen molar-refractivity contribution in [2.75, 3.05) is 11.4 Å². The highest BCUT2D eigenvalue weighted by Crippen LogP contribution is 2.35. The molecule has 1 amide bonds. The van der Waals surface area contributed by atoms with E-state index in [1.807, 2.05) is 43.9 Å². The first-order chi connectivity index (χ1) is 13.2. The van der Waals surface area contributed by atoms with Gasteiger partial charge in [-0.3, -0.25) is 4.90 Å². The molecule has 0 spiro atoms. The molecular formula is C20H22BrClFN3O2. The molecular weight excluding hydrogens is 449 g/mol. The van der Waals surface area contributed by atoms with E-state index in [0.29, 0.717) is 22.7 Å². The Morgan fingerprint density at radius 2 is 2.11 bits per heavy atom. The molecule has 0 radical (unpaired) electrons. The highest BCUT2D eigenvalue weighted by Gasteiger charge is 2.37. The normalized spacial score (nSPS) is 16.9. The van der Waals surface area contributed by atoms with Gasteiger partial charge in [0.2, 0.25) is 0 Å². The lowest BCUT2D eigenvalue weighted by atomic mass is 10.2. The number of halogens is 3. The van der Waals surface area contributed by atoms with Crippen molar-refractivity contribution in [1.29, 1.82) is 0 Å². The smallest absolute Gasteiger partial charge is 0.411 e. The van der Waals surface area contributed by atoms with Gasteiger partial charge in [-0.1, -0.05) is 17.7 Å². The molecule has 8 heteroatoms. The molecule has 0 bridgehead atoms. The number of carbonyl (C=O) groups is 1. The van der Waals surface area contributed by atoms with Crippen LogP contribution in [0.5, 0.6) is 0 Å². The number of rotatable bonds is 3. The number of likely N-dealkylation sites (tertiary alicyclic amines) is 1. The Kier molecular flexibility index (Phi) is 6.15. The summed E-state index contributed by atoms with van der Waals surface area (Å²) in [5, 5.41) is 0.0133. The van der Waals surface area contributed by atoms with Crippen LogP contribution in [0.4, 0.5) is 20.7 Å². The van der Waals surface area contributed by atoms with Gasteiger partial charge in [-0.05, 0) is 79.9 Å². The Morgan fingerprint density at radius 1 is 1.36 bits per heavy atom. The van der Waals surface area contributed by atoms with E-state index in [2.05, 4.69) is 20.9 Å². The van der Waals surface area contributed by atoms with Crippen LogP contribution in [0.25, 0.3) is 0 Å². The quantitative estimate of drug-likeness (QED) is 0.506. The largest absolute Gasteiger partial charge is 0.444 e. The van der Waals surface area contributed by atoms with Gasteiger partial charge in [0.15, 0.2) is 0 Å². The van der Waals surface area contributed by atoms with Crippen molar-refractivity contribution < 1.29 is 13.9 Å². The number of hydrogen-bond acceptors (Lipinski definition) is 4. The summed E-state index contributed by atoms with van der Waals surface area (Å²) in [5.74, 6) is 0.125. The summed E-state index contributed by atoms with van der Waals surface area (Å²) >= 11 is 9.43. The lowest BCUT2D eigenvalue weighted by Gasteiger charge is -2.36. The second-order valence-electron chi connectivity index (χ2n) is 7.58. The van der Waals surface area contributed by atoms with Crippen molar-refractivity contribution in [1.82, 2.24) is 9.88 Å². The van der Waals surface area contributed by atoms with Crippen LogP contribution in [-0.4, -0.2) is 34.3 Å². The Morgan fingerprint density at radius 3 is 2.75 bits per heavy atom. The minimum Gasteiger partial charge on any atom is -0.444 e. The zero-order valence-corrected chi connectivity index (χ0v) is 18.3. The van der Waals surface area contributed by atoms with E-state index >= 15 is 0 Å². The van der Waals surface area contributed by atoms with E-state index < -0.39 is 11.4 Å². The van der Waals surface area contributed by atoms with Crippen molar-refractivity contribution in [3.05, 3.63) is 51.8 Å². The monoisotopic (exact) mass is 469 g/mol. The second-order valence-corrected chi connectivity index (χ2v) is 8.80. The van der Waals surface area contributed by atoms with Crippen molar-refractivity contribution in [2.24, 2.45) is 0 Å². The summed E-state index contributed by atoms with van der Waals surface area (Å²) in [4.78, 5) is 20.9. The maximum Gasteiger partial charge on any atom is 0.411 e. The highest BCUT2D eigenvalue weighted by molar-refractivity contribution is 9.10. The van der Waals surface area contributed by atoms with E-state index in [1.54, 1.807) is 17.0 Å². The first-order valence-electron chi connectivity index (χ1n) is 9.02. The Bertz CT molecular complexity index is 875. The van der Waals surface area contributed by atoms with Gasteiger partial charge in [-0.15, -0.1) is 0 Å². The van der Waals surface area contributed by atoms with Crippen LogP contribution >= 0.6 is 27.5 Å². The zero-order chi connectivity index (χ0) is 20.5. The Hall–Kier alpha value is -1.86. The van der Waals surface area contributed by atoms with E-state index in [0.717, 1.165) is 12.8 Å². The maximum atomic E-state index is 13.7. The summed E-state index contributed by atoms with van der Waals surface area (Å²) < 4.78 is 20.0. The number of hydrogen-bond donors (Lipinski definition) is 0. The van der Waals surface area contributed by atoms with Gasteiger partial charge in [-0.2, -0.15) is 0 Å². The Balaban J connectivity index is 2.03. The minimum atomic E-state index is -0.595. The average molecular weight is 471 g/mol. The molecule has 0 saturated carbocycles. The maximum absolute atomic E-state index is 13.7. The predicted octanol–water partition coefficient (Wildman–Crippen LogP) is 6.13. The predicted molar refractivity (Wildman–Crippen MR) is 111 cm³/mol. The number of ether oxygens (including phenoxy) is 1. The molecule has 2 aromatic rings. The fourth-order valence-electron chi connectivity index (χ4n) is 3.17. The summed E-state index contributed by atoms with van der Waals surface area (Å²) in [5.41, 5.74) is 0.0554. The number of anilines is 2. The number of pyridine rings is 1. The summed E-state index contributed by atoms with van der Waals surface area (Å²) in [6, 6.07) is 10.0. The van der Waals surface area contributed by atoms with Crippen molar-refractivity contribution in [3.8, 4) is 0 Å². The first-order valence-corrected chi connectivity index (χ1v) is 10.2. The SMILES string of the molecule is CC(C)(C)OC(=O)N1CCCC1N(c1ccc(F)c(Cl)c1)c1cccc(Br)n1. The number of nitrogens with zero attached hydrogens (tertiary/aromatic N) is 3. The van der Waals surface area contributed by atoms with Gasteiger partial charge in [-0.25, -0.2) is 14.2 Å². The van der Waals surface area contributed by atoms with E-state index in [1.165, 1.54) is 6.07 Å². The van der Waals surface area contributed by atoms with Crippen LogP contribution in [0.3, 0.4) is 0 Å². The topological polar surface area (TPSA) is 45.7 Å². The van der Waals surface area contributed by atoms with Crippen LogP contribution in [0.1, 0.15) is 33.6 Å². The molecule has 1 unspecified atom stereocenters. The molecule has 1 atom stereocenters. The number of carbonyl (C=O) groups excluding carboxylic acids is 1. The molecule has 0 N–H and O–H groups in total. The molecule has 5 nitrogen and oxygen atoms in total. The molecule has 2 heterocycles. The lowest BCUT2D eigenvalue weighted by molar-refractivity contribution is 0.0230. The fraction of sp³-hybridized carbons (Fsp3) is 0.400. The highest BCUT2D eigenvalue weighted by atomic mass is 79.9. The molecule has 28 heavy (non-hydrogen) atoms. The van der Waals surface area contributed by atoms with E-state index in [4.69, 9.17) is 16.3 Å². The van der Waals surface area contributed by atoms with Gasteiger partial charge in [0.05, 0.1) is 5.02 Å². The zero-order valence-electron chi connectivity index (χ0n) is 16.0. The van der Waals surface area contributed by atoms with Gasteiger partial charge in [0.25, 0.3) is 0 Å². The molecule has 150 valence electrons. The molecule has 0 aliphatic carbocycles. The first kappa shape index (κ1) is 20.9. The third kappa shape index (κ3) is 4.75. The molecule has 3 rings (SSSR count). The summed E-state index contributed by atoms with van der Waals surface area (Å²) in [7, 11) is 0. The van der Waals surface area contributed by atoms with E-state index in [9.17, 15) is 9.18 Å². The lowest BCUT2D eigenvalue weighted by Crippen LogP contribution is -2.47. The van der Waals surface area contributed by atoms with Crippen LogP contribution in [0, 0.1) is 5.82 Å².